The van der Waals surface area contributed by atoms with E-state index in [4.69, 9.17) is 4.74 Å². The zero-order valence-corrected chi connectivity index (χ0v) is 13.9. The Hall–Kier alpha value is -2.30. The zero-order chi connectivity index (χ0) is 16.9. The van der Waals surface area contributed by atoms with Crippen LogP contribution in [0.3, 0.4) is 0 Å². The Labute approximate surface area is 142 Å². The van der Waals surface area contributed by atoms with Gasteiger partial charge in [-0.3, -0.25) is 9.59 Å². The minimum atomic E-state index is 0.0200. The molecule has 1 aliphatic carbocycles. The van der Waals surface area contributed by atoms with Crippen LogP contribution >= 0.6 is 0 Å². The third kappa shape index (κ3) is 4.16. The minimum absolute atomic E-state index is 0.0200. The van der Waals surface area contributed by atoms with Crippen LogP contribution in [-0.4, -0.2) is 36.4 Å². The number of fused-ring (bicyclic) bond motifs is 1. The lowest BCUT2D eigenvalue weighted by molar-refractivity contribution is -0.133. The molecular weight excluding hydrogens is 304 g/mol. The average Bonchev–Trinajstić information content (AvgIpc) is 3.43. The molecular formula is C19H24N2O3. The van der Waals surface area contributed by atoms with E-state index in [2.05, 4.69) is 18.0 Å². The molecule has 0 saturated heterocycles. The number of rotatable bonds is 6. The van der Waals surface area contributed by atoms with Crippen molar-refractivity contribution in [3.05, 3.63) is 42.0 Å². The number of ether oxygens (including phenoxy) is 1. The molecule has 1 N–H and O–H groups in total. The number of carbonyl (C=O) groups is 2. The molecule has 1 aliphatic heterocycles. The van der Waals surface area contributed by atoms with Gasteiger partial charge in [-0.25, -0.2) is 0 Å². The number of benzene rings is 1. The highest BCUT2D eigenvalue weighted by Crippen LogP contribution is 2.33. The Balaban J connectivity index is 1.64. The summed E-state index contributed by atoms with van der Waals surface area (Å²) in [6.45, 7) is 5.86. The predicted molar refractivity (Wildman–Crippen MR) is 91.6 cm³/mol. The number of amides is 2. The highest BCUT2D eigenvalue weighted by molar-refractivity contribution is 5.81. The summed E-state index contributed by atoms with van der Waals surface area (Å²) in [4.78, 5) is 25.9. The van der Waals surface area contributed by atoms with Crippen LogP contribution in [0.2, 0.25) is 0 Å². The number of hydrogen-bond acceptors (Lipinski definition) is 3. The molecule has 2 aliphatic rings. The summed E-state index contributed by atoms with van der Waals surface area (Å²) >= 11 is 0. The molecule has 0 aromatic heterocycles. The number of nitrogens with zero attached hydrogens (tertiary/aromatic N) is 1. The van der Waals surface area contributed by atoms with Gasteiger partial charge in [-0.1, -0.05) is 18.2 Å². The monoisotopic (exact) mass is 328 g/mol. The smallest absolute Gasteiger partial charge is 0.226 e. The van der Waals surface area contributed by atoms with Crippen molar-refractivity contribution in [2.75, 3.05) is 19.7 Å². The first-order valence-corrected chi connectivity index (χ1v) is 8.58. The third-order valence-corrected chi connectivity index (χ3v) is 4.43. The Morgan fingerprint density at radius 2 is 2.21 bits per heavy atom. The summed E-state index contributed by atoms with van der Waals surface area (Å²) in [6, 6.07) is 6.02. The summed E-state index contributed by atoms with van der Waals surface area (Å²) in [5, 5.41) is 2.78. The molecule has 1 saturated carbocycles. The summed E-state index contributed by atoms with van der Waals surface area (Å²) in [6.07, 6.45) is 4.82. The van der Waals surface area contributed by atoms with E-state index in [-0.39, 0.29) is 17.7 Å². The Morgan fingerprint density at radius 3 is 2.96 bits per heavy atom. The van der Waals surface area contributed by atoms with Crippen LogP contribution in [0.25, 0.3) is 0 Å². The van der Waals surface area contributed by atoms with E-state index in [0.717, 1.165) is 29.7 Å². The number of aryl methyl sites for hydroxylation is 1. The number of carbonyl (C=O) groups excluding carboxylic acids is 2. The second kappa shape index (κ2) is 7.51. The summed E-state index contributed by atoms with van der Waals surface area (Å²) in [7, 11) is 0. The van der Waals surface area contributed by atoms with Gasteiger partial charge in [0.05, 0.1) is 6.54 Å². The van der Waals surface area contributed by atoms with Crippen molar-refractivity contribution in [3.63, 3.8) is 0 Å². The Kier molecular flexibility index (Phi) is 5.18. The van der Waals surface area contributed by atoms with Gasteiger partial charge < -0.3 is 15.0 Å². The van der Waals surface area contributed by atoms with Gasteiger partial charge in [-0.2, -0.15) is 0 Å². The van der Waals surface area contributed by atoms with Gasteiger partial charge in [-0.15, -0.1) is 6.58 Å². The summed E-state index contributed by atoms with van der Waals surface area (Å²) < 4.78 is 5.78. The number of hydrogen-bond donors (Lipinski definition) is 1. The second-order valence-electron chi connectivity index (χ2n) is 6.42. The summed E-state index contributed by atoms with van der Waals surface area (Å²) in [5.74, 6) is 1.34. The van der Waals surface area contributed by atoms with E-state index in [1.54, 1.807) is 6.08 Å². The Bertz CT molecular complexity index is 637. The van der Waals surface area contributed by atoms with E-state index < -0.39 is 0 Å². The van der Waals surface area contributed by atoms with E-state index in [9.17, 15) is 9.59 Å². The van der Waals surface area contributed by atoms with Crippen LogP contribution in [-0.2, 0) is 22.6 Å². The number of nitrogens with one attached hydrogen (secondary N) is 1. The lowest BCUT2D eigenvalue weighted by Gasteiger charge is -2.19. The van der Waals surface area contributed by atoms with Crippen molar-refractivity contribution >= 4 is 11.8 Å². The molecule has 0 bridgehead atoms. The van der Waals surface area contributed by atoms with Crippen molar-refractivity contribution in [1.82, 2.24) is 10.2 Å². The van der Waals surface area contributed by atoms with Gasteiger partial charge in [0, 0.05) is 31.0 Å². The molecule has 2 amide bonds. The van der Waals surface area contributed by atoms with Gasteiger partial charge in [0.15, 0.2) is 0 Å². The average molecular weight is 328 g/mol. The third-order valence-electron chi connectivity index (χ3n) is 4.43. The fraction of sp³-hybridized carbons (Fsp3) is 0.474. The van der Waals surface area contributed by atoms with Crippen LogP contribution in [0.4, 0.5) is 0 Å². The molecule has 5 heteroatoms. The minimum Gasteiger partial charge on any atom is -0.491 e. The van der Waals surface area contributed by atoms with Crippen molar-refractivity contribution in [2.45, 2.75) is 32.2 Å². The van der Waals surface area contributed by atoms with E-state index in [1.807, 2.05) is 17.0 Å². The predicted octanol–water partition coefficient (Wildman–Crippen LogP) is 2.05. The molecule has 128 valence electrons. The maximum absolute atomic E-state index is 12.3. The molecule has 0 unspecified atom stereocenters. The standard InChI is InChI=1S/C19H24N2O3/c1-2-9-20-18(22)8-4-14-3-7-17-16(12-14)13-21(10-11-24-17)19(23)15-5-6-15/h2-3,7,12,15H,1,4-6,8-11,13H2,(H,20,22). The van der Waals surface area contributed by atoms with Gasteiger partial charge in [0.2, 0.25) is 11.8 Å². The zero-order valence-electron chi connectivity index (χ0n) is 13.9. The molecule has 1 heterocycles. The van der Waals surface area contributed by atoms with E-state index in [1.165, 1.54) is 0 Å². The second-order valence-corrected chi connectivity index (χ2v) is 6.42. The molecule has 0 spiro atoms. The normalized spacial score (nSPS) is 16.6. The summed E-state index contributed by atoms with van der Waals surface area (Å²) in [5.41, 5.74) is 2.12. The van der Waals surface area contributed by atoms with Crippen LogP contribution < -0.4 is 10.1 Å². The lowest BCUT2D eigenvalue weighted by atomic mass is 10.0. The van der Waals surface area contributed by atoms with Crippen molar-refractivity contribution < 1.29 is 14.3 Å². The topological polar surface area (TPSA) is 58.6 Å². The van der Waals surface area contributed by atoms with Gasteiger partial charge >= 0.3 is 0 Å². The van der Waals surface area contributed by atoms with Gasteiger partial charge in [0.25, 0.3) is 0 Å². The highest BCUT2D eigenvalue weighted by Gasteiger charge is 2.34. The molecule has 3 rings (SSSR count). The molecule has 24 heavy (non-hydrogen) atoms. The van der Waals surface area contributed by atoms with Gasteiger partial charge in [0.1, 0.15) is 12.4 Å². The van der Waals surface area contributed by atoms with Crippen LogP contribution in [0.1, 0.15) is 30.4 Å². The quantitative estimate of drug-likeness (QED) is 0.813. The van der Waals surface area contributed by atoms with Gasteiger partial charge in [-0.05, 0) is 30.9 Å². The highest BCUT2D eigenvalue weighted by atomic mass is 16.5. The largest absolute Gasteiger partial charge is 0.491 e. The molecule has 0 atom stereocenters. The molecule has 5 nitrogen and oxygen atoms in total. The Morgan fingerprint density at radius 1 is 1.38 bits per heavy atom. The maximum Gasteiger partial charge on any atom is 0.226 e. The molecule has 1 aromatic rings. The van der Waals surface area contributed by atoms with Crippen LogP contribution in [0.5, 0.6) is 5.75 Å². The molecule has 1 fully saturated rings. The van der Waals surface area contributed by atoms with E-state index in [0.29, 0.717) is 39.1 Å². The van der Waals surface area contributed by atoms with Crippen LogP contribution in [0, 0.1) is 5.92 Å². The molecule has 0 radical (unpaired) electrons. The first kappa shape index (κ1) is 16.6. The first-order chi connectivity index (χ1) is 11.7. The van der Waals surface area contributed by atoms with Crippen molar-refractivity contribution in [3.8, 4) is 5.75 Å². The molecule has 1 aromatic carbocycles. The first-order valence-electron chi connectivity index (χ1n) is 8.58. The fourth-order valence-corrected chi connectivity index (χ4v) is 2.91. The lowest BCUT2D eigenvalue weighted by Crippen LogP contribution is -2.33. The van der Waals surface area contributed by atoms with E-state index >= 15 is 0 Å². The fourth-order valence-electron chi connectivity index (χ4n) is 2.91. The maximum atomic E-state index is 12.3. The van der Waals surface area contributed by atoms with Crippen LogP contribution in [0.15, 0.2) is 30.9 Å². The van der Waals surface area contributed by atoms with Crippen molar-refractivity contribution in [1.29, 1.82) is 0 Å². The van der Waals surface area contributed by atoms with Crippen molar-refractivity contribution in [2.24, 2.45) is 5.92 Å². The SMILES string of the molecule is C=CCNC(=O)CCc1ccc2c(c1)CN(C(=O)C1CC1)CCO2.